The molecule has 0 aliphatic heterocycles. The zero-order chi connectivity index (χ0) is 38.5. The van der Waals surface area contributed by atoms with Crippen LogP contribution in [-0.4, -0.2) is 72.9 Å². The number of esters is 2. The molecule has 4 aromatic rings. The summed E-state index contributed by atoms with van der Waals surface area (Å²) < 4.78 is 10.5. The van der Waals surface area contributed by atoms with Gasteiger partial charge in [-0.2, -0.15) is 0 Å². The van der Waals surface area contributed by atoms with E-state index in [0.29, 0.717) is 11.1 Å². The van der Waals surface area contributed by atoms with Crippen LogP contribution in [0.3, 0.4) is 0 Å². The predicted molar refractivity (Wildman–Crippen MR) is 183 cm³/mol. The van der Waals surface area contributed by atoms with Gasteiger partial charge in [-0.05, 0) is 75.2 Å². The summed E-state index contributed by atoms with van der Waals surface area (Å²) in [5.74, 6) is -7.12. The van der Waals surface area contributed by atoms with Crippen molar-refractivity contribution in [3.05, 3.63) is 141 Å². The number of aliphatic hydroxyl groups is 2. The Labute approximate surface area is 297 Å². The second-order valence-corrected chi connectivity index (χ2v) is 12.8. The molecule has 4 rings (SSSR count). The van der Waals surface area contributed by atoms with Gasteiger partial charge in [-0.25, -0.2) is 19.2 Å². The van der Waals surface area contributed by atoms with Gasteiger partial charge in [0.05, 0.1) is 22.3 Å². The van der Waals surface area contributed by atoms with Crippen LogP contribution in [0.1, 0.15) is 117 Å². The molecule has 13 heteroatoms. The molecule has 268 valence electrons. The number of carboxylic acids is 2. The molecule has 13 nitrogen and oxygen atoms in total. The molecular formula is C39H34O13. The Kier molecular flexibility index (Phi) is 11.3. The largest absolute Gasteiger partial charge is 0.478 e. The van der Waals surface area contributed by atoms with Crippen LogP contribution in [-0.2, 0) is 22.7 Å². The summed E-state index contributed by atoms with van der Waals surface area (Å²) in [4.78, 5) is 88.2. The maximum atomic E-state index is 13.4. The van der Waals surface area contributed by atoms with Crippen molar-refractivity contribution in [2.75, 3.05) is 0 Å². The van der Waals surface area contributed by atoms with Crippen LogP contribution in [0.4, 0.5) is 0 Å². The molecule has 0 saturated heterocycles. The van der Waals surface area contributed by atoms with Crippen LogP contribution in [0, 0.1) is 0 Å². The maximum absolute atomic E-state index is 13.4. The van der Waals surface area contributed by atoms with Crippen LogP contribution in [0.2, 0.25) is 0 Å². The lowest BCUT2D eigenvalue weighted by Crippen LogP contribution is -2.31. The van der Waals surface area contributed by atoms with E-state index < -0.39 is 63.6 Å². The zero-order valence-corrected chi connectivity index (χ0v) is 28.5. The molecule has 0 radical (unpaired) electrons. The first-order valence-electron chi connectivity index (χ1n) is 15.6. The third kappa shape index (κ3) is 9.07. The zero-order valence-electron chi connectivity index (χ0n) is 28.5. The highest BCUT2D eigenvalue weighted by Crippen LogP contribution is 2.22. The van der Waals surface area contributed by atoms with Gasteiger partial charge in [-0.3, -0.25) is 14.4 Å². The summed E-state index contributed by atoms with van der Waals surface area (Å²) in [6.07, 6.45) is 0. The molecule has 4 N–H and O–H groups in total. The van der Waals surface area contributed by atoms with E-state index in [1.54, 1.807) is 12.1 Å². The Balaban J connectivity index is 1.51. The molecule has 0 amide bonds. The van der Waals surface area contributed by atoms with E-state index >= 15 is 0 Å². The van der Waals surface area contributed by atoms with Crippen molar-refractivity contribution in [2.45, 2.75) is 52.1 Å². The molecule has 0 fully saturated rings. The second kappa shape index (κ2) is 15.3. The van der Waals surface area contributed by atoms with Crippen molar-refractivity contribution >= 4 is 41.2 Å². The van der Waals surface area contributed by atoms with Crippen molar-refractivity contribution in [2.24, 2.45) is 0 Å². The average Bonchev–Trinajstić information content (AvgIpc) is 3.10. The minimum Gasteiger partial charge on any atom is -0.478 e. The number of carboxylic acid groups (broad SMARTS) is 2. The summed E-state index contributed by atoms with van der Waals surface area (Å²) >= 11 is 0. The quantitative estimate of drug-likeness (QED) is 0.101. The number of hydrogen-bond donors (Lipinski definition) is 4. The number of Topliss-reactive ketones (excluding diaryl/α,β-unsaturated/α-hetero) is 2. The van der Waals surface area contributed by atoms with Gasteiger partial charge in [-0.15, -0.1) is 0 Å². The molecule has 4 aromatic carbocycles. The van der Waals surface area contributed by atoms with E-state index in [-0.39, 0.29) is 46.6 Å². The Morgan fingerprint density at radius 1 is 0.500 bits per heavy atom. The van der Waals surface area contributed by atoms with E-state index in [9.17, 15) is 54.0 Å². The van der Waals surface area contributed by atoms with Gasteiger partial charge in [0.15, 0.2) is 17.3 Å². The molecule has 0 aliphatic carbocycles. The number of aromatic carboxylic acids is 2. The molecule has 0 heterocycles. The first-order valence-corrected chi connectivity index (χ1v) is 15.6. The lowest BCUT2D eigenvalue weighted by Gasteiger charge is -2.16. The van der Waals surface area contributed by atoms with E-state index in [2.05, 4.69) is 0 Å². The molecular weight excluding hydrogens is 676 g/mol. The number of carbonyl (C=O) groups excluding carboxylic acids is 5. The summed E-state index contributed by atoms with van der Waals surface area (Å²) in [6.45, 7) is 4.64. The number of hydrogen-bond acceptors (Lipinski definition) is 11. The minimum absolute atomic E-state index is 0.176. The highest BCUT2D eigenvalue weighted by molar-refractivity contribution is 6.13. The average molecular weight is 711 g/mol. The Bertz CT molecular complexity index is 1960. The first kappa shape index (κ1) is 38.5. The number of carbonyl (C=O) groups is 7. The fourth-order valence-electron chi connectivity index (χ4n) is 5.01. The summed E-state index contributed by atoms with van der Waals surface area (Å²) in [7, 11) is 0. The smallest absolute Gasteiger partial charge is 0.339 e. The first-order chi connectivity index (χ1) is 24.3. The molecule has 0 atom stereocenters. The number of ether oxygens (including phenoxy) is 2. The molecule has 0 saturated carbocycles. The molecule has 0 unspecified atom stereocenters. The second-order valence-electron chi connectivity index (χ2n) is 12.8. The SMILES string of the molecule is CC(C)(O)C(=O)c1cccc(COC(=O)c2ccc(C(=O)c3ccc(C(=O)OCc4cccc(C(=O)C(C)(C)O)c4)c(C(=O)O)c3)cc2C(=O)O)c1. The van der Waals surface area contributed by atoms with E-state index in [1.807, 2.05) is 0 Å². The van der Waals surface area contributed by atoms with Gasteiger partial charge >= 0.3 is 23.9 Å². The standard InChI is InChI=1S/C39H34O13/c1-38(2,49)32(41)25-9-5-7-21(15-25)19-51-36(47)27-13-11-23(17-29(27)34(43)44)31(40)24-12-14-28(30(18-24)35(45)46)37(48)52-20-22-8-6-10-26(16-22)33(42)39(3,4)50/h5-18,49-50H,19-20H2,1-4H3,(H,43,44)(H,45,46). The molecule has 0 spiro atoms. The van der Waals surface area contributed by atoms with Gasteiger partial charge in [0, 0.05) is 22.3 Å². The number of rotatable bonds is 14. The third-order valence-corrected chi connectivity index (χ3v) is 7.69. The molecule has 0 aliphatic rings. The van der Waals surface area contributed by atoms with Crippen LogP contribution < -0.4 is 0 Å². The number of ketones is 3. The van der Waals surface area contributed by atoms with Crippen molar-refractivity contribution in [3.8, 4) is 0 Å². The van der Waals surface area contributed by atoms with Crippen molar-refractivity contribution in [1.29, 1.82) is 0 Å². The van der Waals surface area contributed by atoms with E-state index in [1.165, 1.54) is 64.1 Å². The number of benzene rings is 4. The third-order valence-electron chi connectivity index (χ3n) is 7.69. The Morgan fingerprint density at radius 2 is 0.865 bits per heavy atom. The van der Waals surface area contributed by atoms with Crippen molar-refractivity contribution in [3.63, 3.8) is 0 Å². The lowest BCUT2D eigenvalue weighted by molar-refractivity contribution is 0.0456. The fraction of sp³-hybridized carbons (Fsp3) is 0.205. The van der Waals surface area contributed by atoms with Gasteiger partial charge in [0.25, 0.3) is 0 Å². The topological polar surface area (TPSA) is 219 Å². The van der Waals surface area contributed by atoms with E-state index in [0.717, 1.165) is 36.4 Å². The monoisotopic (exact) mass is 710 g/mol. The van der Waals surface area contributed by atoms with Gasteiger partial charge < -0.3 is 29.9 Å². The normalized spacial score (nSPS) is 11.3. The molecule has 52 heavy (non-hydrogen) atoms. The van der Waals surface area contributed by atoms with Crippen LogP contribution in [0.25, 0.3) is 0 Å². The lowest BCUT2D eigenvalue weighted by atomic mass is 9.95. The fourth-order valence-corrected chi connectivity index (χ4v) is 5.01. The minimum atomic E-state index is -1.63. The van der Waals surface area contributed by atoms with Crippen LogP contribution in [0.15, 0.2) is 84.9 Å². The van der Waals surface area contributed by atoms with Gasteiger partial charge in [0.1, 0.15) is 24.4 Å². The summed E-state index contributed by atoms with van der Waals surface area (Å²) in [6, 6.07) is 18.3. The Hall–Kier alpha value is -6.31. The van der Waals surface area contributed by atoms with Crippen LogP contribution >= 0.6 is 0 Å². The van der Waals surface area contributed by atoms with Gasteiger partial charge in [-0.1, -0.05) is 48.5 Å². The predicted octanol–water partition coefficient (Wildman–Crippen LogP) is 4.94. The summed E-state index contributed by atoms with van der Waals surface area (Å²) in [5.41, 5.74) is -4.47. The highest BCUT2D eigenvalue weighted by Gasteiger charge is 2.27. The molecule has 0 bridgehead atoms. The Morgan fingerprint density at radius 3 is 1.19 bits per heavy atom. The highest BCUT2D eigenvalue weighted by atomic mass is 16.5. The van der Waals surface area contributed by atoms with Crippen molar-refractivity contribution in [1.82, 2.24) is 0 Å². The molecule has 0 aromatic heterocycles. The summed E-state index contributed by atoms with van der Waals surface area (Å²) in [5, 5.41) is 39.7. The maximum Gasteiger partial charge on any atom is 0.339 e. The van der Waals surface area contributed by atoms with E-state index in [4.69, 9.17) is 9.47 Å². The van der Waals surface area contributed by atoms with Crippen LogP contribution in [0.5, 0.6) is 0 Å². The van der Waals surface area contributed by atoms with Gasteiger partial charge in [0.2, 0.25) is 0 Å². The van der Waals surface area contributed by atoms with Crippen molar-refractivity contribution < 1.29 is 63.5 Å².